The lowest BCUT2D eigenvalue weighted by molar-refractivity contribution is -0.120. The molecule has 4 nitrogen and oxygen atoms in total. The largest absolute Gasteiger partial charge is 0.508 e. The molecule has 1 amide bonds. The van der Waals surface area contributed by atoms with Crippen LogP contribution in [0.4, 0.5) is 0 Å². The molecule has 0 aliphatic rings. The van der Waals surface area contributed by atoms with Crippen LogP contribution < -0.4 is 5.32 Å². The van der Waals surface area contributed by atoms with E-state index in [4.69, 9.17) is 0 Å². The molecule has 0 aliphatic heterocycles. The quantitative estimate of drug-likeness (QED) is 0.838. The van der Waals surface area contributed by atoms with E-state index >= 15 is 0 Å². The average molecular weight is 244 g/mol. The number of phenols is 1. The first-order valence-corrected chi connectivity index (χ1v) is 5.90. The third kappa shape index (κ3) is 3.38. The van der Waals surface area contributed by atoms with E-state index in [0.29, 0.717) is 12.1 Å². The maximum atomic E-state index is 11.7. The Morgan fingerprint density at radius 2 is 1.89 bits per heavy atom. The molecule has 4 heteroatoms. The van der Waals surface area contributed by atoms with Crippen LogP contribution in [-0.2, 0) is 17.8 Å². The first-order valence-electron chi connectivity index (χ1n) is 5.90. The SMILES string of the molecule is O=C(Cc1ccccc1O)NCCn1cccc1. The molecule has 2 rings (SSSR count). The molecule has 0 atom stereocenters. The molecule has 18 heavy (non-hydrogen) atoms. The molecule has 0 spiro atoms. The summed E-state index contributed by atoms with van der Waals surface area (Å²) < 4.78 is 2.00. The van der Waals surface area contributed by atoms with Crippen LogP contribution in [0.15, 0.2) is 48.8 Å². The number of benzene rings is 1. The van der Waals surface area contributed by atoms with Gasteiger partial charge in [0.05, 0.1) is 6.42 Å². The third-order valence-corrected chi connectivity index (χ3v) is 2.70. The minimum absolute atomic E-state index is 0.0799. The molecule has 2 N–H and O–H groups in total. The van der Waals surface area contributed by atoms with Gasteiger partial charge in [0.2, 0.25) is 5.91 Å². The van der Waals surface area contributed by atoms with Gasteiger partial charge in [-0.3, -0.25) is 4.79 Å². The Hall–Kier alpha value is -2.23. The van der Waals surface area contributed by atoms with Gasteiger partial charge >= 0.3 is 0 Å². The fourth-order valence-electron chi connectivity index (χ4n) is 1.74. The molecule has 0 unspecified atom stereocenters. The van der Waals surface area contributed by atoms with Crippen LogP contribution in [0.5, 0.6) is 5.75 Å². The normalized spacial score (nSPS) is 10.2. The number of amides is 1. The number of aromatic nitrogens is 1. The number of hydrogen-bond donors (Lipinski definition) is 2. The Morgan fingerprint density at radius 3 is 2.61 bits per heavy atom. The lowest BCUT2D eigenvalue weighted by atomic mass is 10.1. The van der Waals surface area contributed by atoms with Crippen molar-refractivity contribution in [2.24, 2.45) is 0 Å². The van der Waals surface area contributed by atoms with Gasteiger partial charge in [-0.1, -0.05) is 18.2 Å². The smallest absolute Gasteiger partial charge is 0.224 e. The van der Waals surface area contributed by atoms with Gasteiger partial charge in [0.25, 0.3) is 0 Å². The van der Waals surface area contributed by atoms with E-state index in [-0.39, 0.29) is 18.1 Å². The summed E-state index contributed by atoms with van der Waals surface area (Å²) in [5.74, 6) is 0.0849. The van der Waals surface area contributed by atoms with Gasteiger partial charge < -0.3 is 15.0 Å². The number of nitrogens with zero attached hydrogens (tertiary/aromatic N) is 1. The second kappa shape index (κ2) is 5.91. The highest BCUT2D eigenvalue weighted by Gasteiger charge is 2.06. The van der Waals surface area contributed by atoms with Crippen molar-refractivity contribution in [1.29, 1.82) is 0 Å². The van der Waals surface area contributed by atoms with Crippen molar-refractivity contribution in [3.05, 3.63) is 54.4 Å². The molecule has 1 aromatic carbocycles. The Labute approximate surface area is 106 Å². The van der Waals surface area contributed by atoms with Crippen LogP contribution >= 0.6 is 0 Å². The average Bonchev–Trinajstić information content (AvgIpc) is 2.85. The van der Waals surface area contributed by atoms with Crippen molar-refractivity contribution in [3.8, 4) is 5.75 Å². The van der Waals surface area contributed by atoms with Crippen LogP contribution in [0.1, 0.15) is 5.56 Å². The van der Waals surface area contributed by atoms with E-state index in [0.717, 1.165) is 6.54 Å². The summed E-state index contributed by atoms with van der Waals surface area (Å²) >= 11 is 0. The van der Waals surface area contributed by atoms with Gasteiger partial charge in [-0.15, -0.1) is 0 Å². The number of carbonyl (C=O) groups excluding carboxylic acids is 1. The molecular formula is C14H16N2O2. The summed E-state index contributed by atoms with van der Waals surface area (Å²) in [7, 11) is 0. The zero-order valence-electron chi connectivity index (χ0n) is 10.0. The minimum atomic E-state index is -0.0799. The summed E-state index contributed by atoms with van der Waals surface area (Å²) in [6, 6.07) is 10.8. The summed E-state index contributed by atoms with van der Waals surface area (Å²) in [5, 5.41) is 12.4. The molecular weight excluding hydrogens is 228 g/mol. The lowest BCUT2D eigenvalue weighted by Crippen LogP contribution is -2.28. The topological polar surface area (TPSA) is 54.3 Å². The molecule has 94 valence electrons. The number of para-hydroxylation sites is 1. The van der Waals surface area contributed by atoms with Crippen molar-refractivity contribution in [2.45, 2.75) is 13.0 Å². The number of hydrogen-bond acceptors (Lipinski definition) is 2. The Balaban J connectivity index is 1.77. The van der Waals surface area contributed by atoms with E-state index in [9.17, 15) is 9.90 Å². The van der Waals surface area contributed by atoms with Crippen molar-refractivity contribution < 1.29 is 9.90 Å². The molecule has 0 saturated carbocycles. The predicted molar refractivity (Wildman–Crippen MR) is 69.3 cm³/mol. The van der Waals surface area contributed by atoms with Gasteiger partial charge in [-0.05, 0) is 18.2 Å². The maximum Gasteiger partial charge on any atom is 0.224 e. The fraction of sp³-hybridized carbons (Fsp3) is 0.214. The lowest BCUT2D eigenvalue weighted by Gasteiger charge is -2.07. The third-order valence-electron chi connectivity index (χ3n) is 2.70. The van der Waals surface area contributed by atoms with E-state index in [1.54, 1.807) is 18.2 Å². The molecule has 2 aromatic rings. The molecule has 0 fully saturated rings. The highest BCUT2D eigenvalue weighted by Crippen LogP contribution is 2.15. The Bertz CT molecular complexity index is 506. The minimum Gasteiger partial charge on any atom is -0.508 e. The van der Waals surface area contributed by atoms with Crippen LogP contribution in [0.3, 0.4) is 0 Å². The highest BCUT2D eigenvalue weighted by atomic mass is 16.3. The molecule has 0 aliphatic carbocycles. The van der Waals surface area contributed by atoms with E-state index in [2.05, 4.69) is 5.32 Å². The van der Waals surface area contributed by atoms with Crippen molar-refractivity contribution in [3.63, 3.8) is 0 Å². The number of phenolic OH excluding ortho intramolecular Hbond substituents is 1. The summed E-state index contributed by atoms with van der Waals surface area (Å²) in [5.41, 5.74) is 0.649. The van der Waals surface area contributed by atoms with Gasteiger partial charge in [-0.2, -0.15) is 0 Å². The second-order valence-corrected chi connectivity index (χ2v) is 4.08. The molecule has 0 saturated heterocycles. The van der Waals surface area contributed by atoms with Crippen molar-refractivity contribution in [1.82, 2.24) is 9.88 Å². The molecule has 1 aromatic heterocycles. The number of aromatic hydroxyl groups is 1. The fourth-order valence-corrected chi connectivity index (χ4v) is 1.74. The Morgan fingerprint density at radius 1 is 1.17 bits per heavy atom. The maximum absolute atomic E-state index is 11.7. The van der Waals surface area contributed by atoms with E-state index < -0.39 is 0 Å². The second-order valence-electron chi connectivity index (χ2n) is 4.08. The van der Waals surface area contributed by atoms with Crippen LogP contribution in [0, 0.1) is 0 Å². The predicted octanol–water partition coefficient (Wildman–Crippen LogP) is 1.55. The van der Waals surface area contributed by atoms with Gasteiger partial charge in [0, 0.05) is 31.0 Å². The van der Waals surface area contributed by atoms with Crippen LogP contribution in [0.25, 0.3) is 0 Å². The molecule has 1 heterocycles. The first kappa shape index (κ1) is 12.2. The summed E-state index contributed by atoms with van der Waals surface area (Å²) in [6.07, 6.45) is 4.11. The first-order chi connectivity index (χ1) is 8.75. The van der Waals surface area contributed by atoms with Gasteiger partial charge in [0.15, 0.2) is 0 Å². The Kier molecular flexibility index (Phi) is 4.02. The van der Waals surface area contributed by atoms with Gasteiger partial charge in [0.1, 0.15) is 5.75 Å². The zero-order chi connectivity index (χ0) is 12.8. The highest BCUT2D eigenvalue weighted by molar-refractivity contribution is 5.79. The van der Waals surface area contributed by atoms with Crippen LogP contribution in [0.2, 0.25) is 0 Å². The van der Waals surface area contributed by atoms with Crippen molar-refractivity contribution >= 4 is 5.91 Å². The zero-order valence-corrected chi connectivity index (χ0v) is 10.0. The standard InChI is InChI=1S/C14H16N2O2/c17-13-6-2-1-5-12(13)11-14(18)15-7-10-16-8-3-4-9-16/h1-6,8-9,17H,7,10-11H2,(H,15,18). The monoisotopic (exact) mass is 244 g/mol. The van der Waals surface area contributed by atoms with Crippen LogP contribution in [-0.4, -0.2) is 22.1 Å². The number of rotatable bonds is 5. The van der Waals surface area contributed by atoms with Gasteiger partial charge in [-0.25, -0.2) is 0 Å². The van der Waals surface area contributed by atoms with E-state index in [1.165, 1.54) is 0 Å². The molecule has 0 bridgehead atoms. The molecule has 0 radical (unpaired) electrons. The number of nitrogens with one attached hydrogen (secondary N) is 1. The van der Waals surface area contributed by atoms with Crippen molar-refractivity contribution in [2.75, 3.05) is 6.54 Å². The summed E-state index contributed by atoms with van der Waals surface area (Å²) in [6.45, 7) is 1.33. The van der Waals surface area contributed by atoms with E-state index in [1.807, 2.05) is 35.2 Å². The number of carbonyl (C=O) groups is 1. The summed E-state index contributed by atoms with van der Waals surface area (Å²) in [4.78, 5) is 11.7.